The maximum absolute atomic E-state index is 11.5. The van der Waals surface area contributed by atoms with Crippen LogP contribution in [0, 0.1) is 6.92 Å². The molecule has 0 saturated carbocycles. The molecule has 0 aromatic carbocycles. The molecule has 15 heavy (non-hydrogen) atoms. The number of esters is 1. The van der Waals surface area contributed by atoms with E-state index in [1.807, 2.05) is 26.8 Å². The van der Waals surface area contributed by atoms with Gasteiger partial charge in [0.05, 0.1) is 12.9 Å². The number of thioether (sulfide) groups is 1. The number of furan rings is 1. The van der Waals surface area contributed by atoms with Gasteiger partial charge in [-0.2, -0.15) is 0 Å². The Hall–Kier alpha value is -0.900. The first kappa shape index (κ1) is 12.2. The summed E-state index contributed by atoms with van der Waals surface area (Å²) in [6.45, 7) is 6.11. The summed E-state index contributed by atoms with van der Waals surface area (Å²) in [5.41, 5.74) is 0. The third kappa shape index (κ3) is 3.30. The highest BCUT2D eigenvalue weighted by molar-refractivity contribution is 8.00. The van der Waals surface area contributed by atoms with E-state index < -0.39 is 0 Å². The van der Waals surface area contributed by atoms with Crippen molar-refractivity contribution in [3.63, 3.8) is 0 Å². The molecule has 0 saturated heterocycles. The van der Waals surface area contributed by atoms with Crippen LogP contribution in [0.5, 0.6) is 0 Å². The second-order valence-corrected chi connectivity index (χ2v) is 4.35. The molecule has 0 aliphatic heterocycles. The lowest BCUT2D eigenvalue weighted by Gasteiger charge is -2.12. The summed E-state index contributed by atoms with van der Waals surface area (Å²) in [4.78, 5) is 12.5. The molecule has 84 valence electrons. The van der Waals surface area contributed by atoms with Crippen molar-refractivity contribution in [2.24, 2.45) is 0 Å². The lowest BCUT2D eigenvalue weighted by atomic mass is 10.3. The Morgan fingerprint density at radius 3 is 2.80 bits per heavy atom. The van der Waals surface area contributed by atoms with Gasteiger partial charge in [0.25, 0.3) is 0 Å². The van der Waals surface area contributed by atoms with Gasteiger partial charge in [-0.15, -0.1) is 11.8 Å². The molecule has 0 N–H and O–H groups in total. The molecular formula is C11H16O3S. The Labute approximate surface area is 94.2 Å². The summed E-state index contributed by atoms with van der Waals surface area (Å²) < 4.78 is 10.2. The lowest BCUT2D eigenvalue weighted by Crippen LogP contribution is -2.19. The fourth-order valence-electron chi connectivity index (χ4n) is 1.18. The molecule has 4 heteroatoms. The maximum atomic E-state index is 11.5. The van der Waals surface area contributed by atoms with Crippen molar-refractivity contribution < 1.29 is 13.9 Å². The van der Waals surface area contributed by atoms with Crippen molar-refractivity contribution in [1.82, 2.24) is 0 Å². The minimum absolute atomic E-state index is 0.138. The summed E-state index contributed by atoms with van der Waals surface area (Å²) in [6.07, 6.45) is 2.39. The van der Waals surface area contributed by atoms with E-state index in [9.17, 15) is 4.79 Å². The SMILES string of the molecule is CCOC(=O)C(CC)Sc1ccoc1C. The predicted octanol–water partition coefficient (Wildman–Crippen LogP) is 3.02. The molecule has 0 aliphatic carbocycles. The number of hydrogen-bond donors (Lipinski definition) is 0. The van der Waals surface area contributed by atoms with Gasteiger partial charge in [0, 0.05) is 4.90 Å². The first-order chi connectivity index (χ1) is 7.19. The number of carbonyl (C=O) groups excluding carboxylic acids is 1. The van der Waals surface area contributed by atoms with Crippen LogP contribution in [-0.4, -0.2) is 17.8 Å². The average molecular weight is 228 g/mol. The molecule has 0 amide bonds. The zero-order valence-electron chi connectivity index (χ0n) is 9.28. The molecule has 0 fully saturated rings. The first-order valence-corrected chi connectivity index (χ1v) is 5.94. The van der Waals surface area contributed by atoms with Gasteiger partial charge in [-0.1, -0.05) is 6.92 Å². The van der Waals surface area contributed by atoms with Crippen LogP contribution in [0.4, 0.5) is 0 Å². The van der Waals surface area contributed by atoms with Crippen LogP contribution in [0.25, 0.3) is 0 Å². The normalized spacial score (nSPS) is 12.5. The Morgan fingerprint density at radius 2 is 2.33 bits per heavy atom. The minimum atomic E-state index is -0.148. The summed E-state index contributed by atoms with van der Waals surface area (Å²) in [5.74, 6) is 0.702. The van der Waals surface area contributed by atoms with Gasteiger partial charge >= 0.3 is 5.97 Å². The lowest BCUT2D eigenvalue weighted by molar-refractivity contribution is -0.142. The van der Waals surface area contributed by atoms with Crippen LogP contribution < -0.4 is 0 Å². The van der Waals surface area contributed by atoms with E-state index >= 15 is 0 Å². The van der Waals surface area contributed by atoms with Crippen LogP contribution in [0.1, 0.15) is 26.0 Å². The van der Waals surface area contributed by atoms with E-state index in [0.717, 1.165) is 17.1 Å². The number of ether oxygens (including phenoxy) is 1. The van der Waals surface area contributed by atoms with Gasteiger partial charge in [0.1, 0.15) is 11.0 Å². The van der Waals surface area contributed by atoms with Crippen molar-refractivity contribution in [2.75, 3.05) is 6.61 Å². The third-order valence-corrected chi connectivity index (χ3v) is 3.49. The molecule has 1 rings (SSSR count). The van der Waals surface area contributed by atoms with Gasteiger partial charge < -0.3 is 9.15 Å². The van der Waals surface area contributed by atoms with Crippen LogP contribution in [0.2, 0.25) is 0 Å². The van der Waals surface area contributed by atoms with Crippen LogP contribution in [0.15, 0.2) is 21.6 Å². The van der Waals surface area contributed by atoms with E-state index in [4.69, 9.17) is 9.15 Å². The molecule has 0 spiro atoms. The van der Waals surface area contributed by atoms with Crippen molar-refractivity contribution in [3.05, 3.63) is 18.1 Å². The summed E-state index contributed by atoms with van der Waals surface area (Å²) >= 11 is 1.50. The van der Waals surface area contributed by atoms with Crippen molar-refractivity contribution >= 4 is 17.7 Å². The largest absolute Gasteiger partial charge is 0.468 e. The van der Waals surface area contributed by atoms with Crippen LogP contribution >= 0.6 is 11.8 Å². The highest BCUT2D eigenvalue weighted by Gasteiger charge is 2.20. The second-order valence-electron chi connectivity index (χ2n) is 3.11. The van der Waals surface area contributed by atoms with Gasteiger partial charge in [0.15, 0.2) is 0 Å². The number of carbonyl (C=O) groups is 1. The molecule has 1 aromatic heterocycles. The van der Waals surface area contributed by atoms with Gasteiger partial charge in [0.2, 0.25) is 0 Å². The Morgan fingerprint density at radius 1 is 1.60 bits per heavy atom. The fraction of sp³-hybridized carbons (Fsp3) is 0.545. The van der Waals surface area contributed by atoms with E-state index in [-0.39, 0.29) is 11.2 Å². The molecule has 1 heterocycles. The highest BCUT2D eigenvalue weighted by Crippen LogP contribution is 2.29. The molecule has 3 nitrogen and oxygen atoms in total. The Balaban J connectivity index is 2.61. The highest BCUT2D eigenvalue weighted by atomic mass is 32.2. The second kappa shape index (κ2) is 5.85. The number of hydrogen-bond acceptors (Lipinski definition) is 4. The molecule has 0 radical (unpaired) electrons. The topological polar surface area (TPSA) is 39.4 Å². The minimum Gasteiger partial charge on any atom is -0.468 e. The van der Waals surface area contributed by atoms with Crippen LogP contribution in [-0.2, 0) is 9.53 Å². The Kier molecular flexibility index (Phi) is 4.75. The monoisotopic (exact) mass is 228 g/mol. The van der Waals surface area contributed by atoms with E-state index in [2.05, 4.69) is 0 Å². The number of aryl methyl sites for hydroxylation is 1. The molecule has 1 unspecified atom stereocenters. The molecule has 1 atom stereocenters. The zero-order chi connectivity index (χ0) is 11.3. The molecule has 1 aromatic rings. The standard InChI is InChI=1S/C11H16O3S/c1-4-9(11(12)13-5-2)15-10-6-7-14-8(10)3/h6-7,9H,4-5H2,1-3H3. The van der Waals surface area contributed by atoms with Crippen molar-refractivity contribution in [2.45, 2.75) is 37.3 Å². The molecule has 0 bridgehead atoms. The van der Waals surface area contributed by atoms with Crippen LogP contribution in [0.3, 0.4) is 0 Å². The average Bonchev–Trinajstić information content (AvgIpc) is 2.61. The Bertz CT molecular complexity index is 319. The zero-order valence-corrected chi connectivity index (χ0v) is 10.1. The van der Waals surface area contributed by atoms with Gasteiger partial charge in [-0.05, 0) is 26.3 Å². The summed E-state index contributed by atoms with van der Waals surface area (Å²) in [6, 6.07) is 1.88. The summed E-state index contributed by atoms with van der Waals surface area (Å²) in [7, 11) is 0. The molecular weight excluding hydrogens is 212 g/mol. The van der Waals surface area contributed by atoms with E-state index in [1.165, 1.54) is 11.8 Å². The van der Waals surface area contributed by atoms with E-state index in [1.54, 1.807) is 6.26 Å². The predicted molar refractivity (Wildman–Crippen MR) is 60.0 cm³/mol. The summed E-state index contributed by atoms with van der Waals surface area (Å²) in [5, 5.41) is -0.138. The smallest absolute Gasteiger partial charge is 0.319 e. The quantitative estimate of drug-likeness (QED) is 0.573. The van der Waals surface area contributed by atoms with E-state index in [0.29, 0.717) is 6.61 Å². The number of rotatable bonds is 5. The van der Waals surface area contributed by atoms with Crippen molar-refractivity contribution in [1.29, 1.82) is 0 Å². The van der Waals surface area contributed by atoms with Gasteiger partial charge in [-0.3, -0.25) is 4.79 Å². The molecule has 0 aliphatic rings. The van der Waals surface area contributed by atoms with Crippen molar-refractivity contribution in [3.8, 4) is 0 Å². The first-order valence-electron chi connectivity index (χ1n) is 5.06. The third-order valence-electron chi connectivity index (χ3n) is 2.00. The fourth-order valence-corrected chi connectivity index (χ4v) is 2.17. The maximum Gasteiger partial charge on any atom is 0.319 e. The van der Waals surface area contributed by atoms with Gasteiger partial charge in [-0.25, -0.2) is 0 Å².